The van der Waals surface area contributed by atoms with Crippen LogP contribution in [-0.2, 0) is 14.8 Å². The molecule has 1 aromatic carbocycles. The van der Waals surface area contributed by atoms with E-state index >= 15 is 0 Å². The molecule has 1 atom stereocenters. The molecule has 2 N–H and O–H groups in total. The van der Waals surface area contributed by atoms with Crippen LogP contribution in [-0.4, -0.2) is 32.6 Å². The highest BCUT2D eigenvalue weighted by Gasteiger charge is 2.26. The summed E-state index contributed by atoms with van der Waals surface area (Å²) < 4.78 is 31.7. The molecule has 0 bridgehead atoms. The smallest absolute Gasteiger partial charge is 0.321 e. The molecule has 0 aliphatic rings. The molecule has 0 aliphatic heterocycles. The molecule has 0 saturated heterocycles. The van der Waals surface area contributed by atoms with Gasteiger partial charge in [-0.2, -0.15) is 4.72 Å². The third kappa shape index (κ3) is 4.21. The molecule has 0 saturated carbocycles. The van der Waals surface area contributed by atoms with E-state index in [-0.39, 0.29) is 17.1 Å². The minimum atomic E-state index is -3.93. The number of methoxy groups -OCH3 is 1. The van der Waals surface area contributed by atoms with Crippen LogP contribution in [0.15, 0.2) is 29.2 Å². The highest BCUT2D eigenvalue weighted by Crippen LogP contribution is 2.23. The van der Waals surface area contributed by atoms with Crippen LogP contribution in [0.2, 0.25) is 0 Å². The first-order valence-electron chi connectivity index (χ1n) is 6.30. The predicted octanol–water partition coefficient (Wildman–Crippen LogP) is 1.62. The lowest BCUT2D eigenvalue weighted by molar-refractivity contribution is -0.139. The van der Waals surface area contributed by atoms with E-state index in [0.29, 0.717) is 6.42 Å². The summed E-state index contributed by atoms with van der Waals surface area (Å²) in [5.41, 5.74) is 0. The number of para-hydroxylation sites is 1. The van der Waals surface area contributed by atoms with Crippen molar-refractivity contribution in [3.63, 3.8) is 0 Å². The first kappa shape index (κ1) is 16.5. The number of sulfonamides is 1. The summed E-state index contributed by atoms with van der Waals surface area (Å²) in [6, 6.07) is 4.95. The number of hydrogen-bond acceptors (Lipinski definition) is 4. The van der Waals surface area contributed by atoms with Crippen LogP contribution < -0.4 is 9.46 Å². The molecule has 1 unspecified atom stereocenters. The van der Waals surface area contributed by atoms with E-state index in [9.17, 15) is 13.2 Å². The van der Waals surface area contributed by atoms with E-state index in [1.807, 2.05) is 6.92 Å². The van der Waals surface area contributed by atoms with Crippen LogP contribution in [0.3, 0.4) is 0 Å². The number of unbranched alkanes of at least 4 members (excludes halogenated alkanes) is 1. The van der Waals surface area contributed by atoms with Crippen LogP contribution in [0, 0.1) is 0 Å². The number of carboxylic acids is 1. The maximum absolute atomic E-state index is 12.2. The summed E-state index contributed by atoms with van der Waals surface area (Å²) in [6.45, 7) is 1.91. The molecule has 0 radical (unpaired) electrons. The molecule has 0 spiro atoms. The van der Waals surface area contributed by atoms with E-state index in [4.69, 9.17) is 9.84 Å². The second kappa shape index (κ2) is 7.25. The summed E-state index contributed by atoms with van der Waals surface area (Å²) >= 11 is 0. The van der Waals surface area contributed by atoms with Crippen molar-refractivity contribution in [2.24, 2.45) is 0 Å². The number of rotatable bonds is 8. The van der Waals surface area contributed by atoms with Crippen molar-refractivity contribution in [3.05, 3.63) is 24.3 Å². The van der Waals surface area contributed by atoms with Gasteiger partial charge in [0.25, 0.3) is 0 Å². The van der Waals surface area contributed by atoms with E-state index in [1.165, 1.54) is 19.2 Å². The number of carboxylic acid groups (broad SMARTS) is 1. The summed E-state index contributed by atoms with van der Waals surface area (Å²) in [5, 5.41) is 9.08. The van der Waals surface area contributed by atoms with Crippen LogP contribution in [0.1, 0.15) is 26.2 Å². The Labute approximate surface area is 118 Å². The minimum Gasteiger partial charge on any atom is -0.495 e. The van der Waals surface area contributed by atoms with Gasteiger partial charge in [-0.1, -0.05) is 31.9 Å². The molecular formula is C13H19NO5S. The van der Waals surface area contributed by atoms with Crippen molar-refractivity contribution in [3.8, 4) is 5.75 Å². The highest BCUT2D eigenvalue weighted by atomic mass is 32.2. The third-order valence-corrected chi connectivity index (χ3v) is 4.31. The van der Waals surface area contributed by atoms with Crippen molar-refractivity contribution in [1.82, 2.24) is 4.72 Å². The quantitative estimate of drug-likeness (QED) is 0.761. The minimum absolute atomic E-state index is 0.0646. The van der Waals surface area contributed by atoms with Crippen LogP contribution in [0.25, 0.3) is 0 Å². The number of ether oxygens (including phenoxy) is 1. The normalized spacial score (nSPS) is 12.9. The Morgan fingerprint density at radius 1 is 1.40 bits per heavy atom. The van der Waals surface area contributed by atoms with Gasteiger partial charge in [0.15, 0.2) is 0 Å². The lowest BCUT2D eigenvalue weighted by Gasteiger charge is -2.15. The molecule has 0 aromatic heterocycles. The number of benzene rings is 1. The van der Waals surface area contributed by atoms with Crippen LogP contribution >= 0.6 is 0 Å². The van der Waals surface area contributed by atoms with Gasteiger partial charge in [0, 0.05) is 0 Å². The van der Waals surface area contributed by atoms with Crippen molar-refractivity contribution in [2.75, 3.05) is 7.11 Å². The van der Waals surface area contributed by atoms with Gasteiger partial charge in [0.05, 0.1) is 7.11 Å². The Kier molecular flexibility index (Phi) is 5.97. The van der Waals surface area contributed by atoms with E-state index in [0.717, 1.165) is 6.42 Å². The van der Waals surface area contributed by atoms with Crippen LogP contribution in [0.5, 0.6) is 5.75 Å². The maximum Gasteiger partial charge on any atom is 0.321 e. The monoisotopic (exact) mass is 301 g/mol. The largest absolute Gasteiger partial charge is 0.495 e. The Bertz CT molecular complexity index is 556. The average molecular weight is 301 g/mol. The fourth-order valence-corrected chi connectivity index (χ4v) is 3.13. The lowest BCUT2D eigenvalue weighted by Crippen LogP contribution is -2.40. The van der Waals surface area contributed by atoms with Crippen molar-refractivity contribution < 1.29 is 23.1 Å². The molecule has 112 valence electrons. The molecule has 0 heterocycles. The van der Waals surface area contributed by atoms with Gasteiger partial charge in [0.1, 0.15) is 16.7 Å². The number of hydrogen-bond donors (Lipinski definition) is 2. The molecule has 20 heavy (non-hydrogen) atoms. The summed E-state index contributed by atoms with van der Waals surface area (Å²) in [7, 11) is -2.57. The number of carbonyl (C=O) groups is 1. The molecule has 6 nitrogen and oxygen atoms in total. The SMILES string of the molecule is CCCCC(NS(=O)(=O)c1ccccc1OC)C(=O)O. The molecule has 1 rings (SSSR count). The van der Waals surface area contributed by atoms with E-state index in [1.54, 1.807) is 12.1 Å². The van der Waals surface area contributed by atoms with Crippen molar-refractivity contribution in [2.45, 2.75) is 37.1 Å². The Balaban J connectivity index is 3.00. The number of aliphatic carboxylic acids is 1. The van der Waals surface area contributed by atoms with Crippen molar-refractivity contribution in [1.29, 1.82) is 0 Å². The van der Waals surface area contributed by atoms with Gasteiger partial charge in [0.2, 0.25) is 10.0 Å². The number of nitrogens with one attached hydrogen (secondary N) is 1. The lowest BCUT2D eigenvalue weighted by atomic mass is 10.1. The first-order valence-corrected chi connectivity index (χ1v) is 7.78. The molecular weight excluding hydrogens is 282 g/mol. The Morgan fingerprint density at radius 3 is 2.60 bits per heavy atom. The Morgan fingerprint density at radius 2 is 2.05 bits per heavy atom. The summed E-state index contributed by atoms with van der Waals surface area (Å²) in [5.74, 6) is -1.00. The van der Waals surface area contributed by atoms with Gasteiger partial charge in [-0.25, -0.2) is 8.42 Å². The van der Waals surface area contributed by atoms with Crippen LogP contribution in [0.4, 0.5) is 0 Å². The van der Waals surface area contributed by atoms with E-state index < -0.39 is 22.0 Å². The first-order chi connectivity index (χ1) is 9.42. The zero-order chi connectivity index (χ0) is 15.2. The Hall–Kier alpha value is -1.60. The molecule has 7 heteroatoms. The van der Waals surface area contributed by atoms with E-state index in [2.05, 4.69) is 4.72 Å². The fraction of sp³-hybridized carbons (Fsp3) is 0.462. The van der Waals surface area contributed by atoms with Gasteiger partial charge < -0.3 is 9.84 Å². The molecule has 0 fully saturated rings. The topological polar surface area (TPSA) is 92.7 Å². The third-order valence-electron chi connectivity index (χ3n) is 2.80. The fourth-order valence-electron chi connectivity index (χ4n) is 1.73. The van der Waals surface area contributed by atoms with Gasteiger partial charge in [-0.3, -0.25) is 4.79 Å². The highest BCUT2D eigenvalue weighted by molar-refractivity contribution is 7.89. The molecule has 0 aliphatic carbocycles. The second-order valence-corrected chi connectivity index (χ2v) is 5.99. The summed E-state index contributed by atoms with van der Waals surface area (Å²) in [6.07, 6.45) is 1.67. The van der Waals surface area contributed by atoms with Crippen molar-refractivity contribution >= 4 is 16.0 Å². The summed E-state index contributed by atoms with van der Waals surface area (Å²) in [4.78, 5) is 11.0. The van der Waals surface area contributed by atoms with Gasteiger partial charge >= 0.3 is 5.97 Å². The zero-order valence-electron chi connectivity index (χ0n) is 11.5. The van der Waals surface area contributed by atoms with Gasteiger partial charge in [-0.15, -0.1) is 0 Å². The molecule has 1 aromatic rings. The average Bonchev–Trinajstić information content (AvgIpc) is 2.43. The predicted molar refractivity (Wildman–Crippen MR) is 74.3 cm³/mol. The van der Waals surface area contributed by atoms with Gasteiger partial charge in [-0.05, 0) is 18.6 Å². The zero-order valence-corrected chi connectivity index (χ0v) is 12.3. The molecule has 0 amide bonds. The maximum atomic E-state index is 12.2. The second-order valence-electron chi connectivity index (χ2n) is 4.31. The standard InChI is InChI=1S/C13H19NO5S/c1-3-4-7-10(13(15)16)14-20(17,18)12-9-6-5-8-11(12)19-2/h5-6,8-10,14H,3-4,7H2,1-2H3,(H,15,16).